The van der Waals surface area contributed by atoms with E-state index < -0.39 is 0 Å². The monoisotopic (exact) mass is 254 g/mol. The fourth-order valence-electron chi connectivity index (χ4n) is 3.61. The highest BCUT2D eigenvalue weighted by Gasteiger charge is 2.32. The molecule has 18 heavy (non-hydrogen) atoms. The first-order chi connectivity index (χ1) is 8.62. The van der Waals surface area contributed by atoms with E-state index >= 15 is 0 Å². The Morgan fingerprint density at radius 2 is 1.94 bits per heavy atom. The topological polar surface area (TPSA) is 15.3 Å². The lowest BCUT2D eigenvalue weighted by molar-refractivity contribution is 0.0912. The summed E-state index contributed by atoms with van der Waals surface area (Å²) in [5.41, 5.74) is 0. The van der Waals surface area contributed by atoms with E-state index in [1.54, 1.807) is 0 Å². The van der Waals surface area contributed by atoms with Crippen molar-refractivity contribution in [2.24, 2.45) is 11.8 Å². The maximum atomic E-state index is 3.56. The van der Waals surface area contributed by atoms with Crippen molar-refractivity contribution < 1.29 is 0 Å². The highest BCUT2D eigenvalue weighted by atomic mass is 15.2. The van der Waals surface area contributed by atoms with Gasteiger partial charge in [-0.25, -0.2) is 0 Å². The summed E-state index contributed by atoms with van der Waals surface area (Å²) >= 11 is 0. The molecule has 0 heterocycles. The zero-order valence-corrected chi connectivity index (χ0v) is 13.2. The SMILES string of the molecule is CCCC1CCC(NC)C(N(CC)CC(C)C)C1. The quantitative estimate of drug-likeness (QED) is 0.748. The summed E-state index contributed by atoms with van der Waals surface area (Å²) in [4.78, 5) is 2.72. The van der Waals surface area contributed by atoms with Crippen molar-refractivity contribution in [3.8, 4) is 0 Å². The van der Waals surface area contributed by atoms with E-state index in [2.05, 4.69) is 45.0 Å². The molecule has 1 aliphatic rings. The number of hydrogen-bond acceptors (Lipinski definition) is 2. The molecule has 108 valence electrons. The first-order valence-electron chi connectivity index (χ1n) is 8.03. The summed E-state index contributed by atoms with van der Waals surface area (Å²) in [7, 11) is 2.14. The third-order valence-corrected chi connectivity index (χ3v) is 4.47. The van der Waals surface area contributed by atoms with E-state index in [1.807, 2.05) is 0 Å². The predicted octanol–water partition coefficient (Wildman–Crippen LogP) is 3.52. The molecule has 1 saturated carbocycles. The van der Waals surface area contributed by atoms with Gasteiger partial charge in [0.2, 0.25) is 0 Å². The van der Waals surface area contributed by atoms with Gasteiger partial charge >= 0.3 is 0 Å². The lowest BCUT2D eigenvalue weighted by Gasteiger charge is -2.43. The molecule has 3 unspecified atom stereocenters. The Labute approximate surface area is 115 Å². The molecule has 1 fully saturated rings. The van der Waals surface area contributed by atoms with Crippen LogP contribution in [0.3, 0.4) is 0 Å². The molecule has 0 aromatic heterocycles. The van der Waals surface area contributed by atoms with Gasteiger partial charge in [0.25, 0.3) is 0 Å². The highest BCUT2D eigenvalue weighted by Crippen LogP contribution is 2.31. The van der Waals surface area contributed by atoms with Gasteiger partial charge in [0.1, 0.15) is 0 Å². The molecule has 0 saturated heterocycles. The van der Waals surface area contributed by atoms with Crippen molar-refractivity contribution >= 4 is 0 Å². The number of nitrogens with one attached hydrogen (secondary N) is 1. The number of rotatable bonds is 7. The molecule has 2 nitrogen and oxygen atoms in total. The summed E-state index contributed by atoms with van der Waals surface area (Å²) < 4.78 is 0. The molecular weight excluding hydrogens is 220 g/mol. The Bertz CT molecular complexity index is 215. The van der Waals surface area contributed by atoms with Gasteiger partial charge in [-0.2, -0.15) is 0 Å². The molecule has 0 amide bonds. The van der Waals surface area contributed by atoms with Crippen LogP contribution in [0.5, 0.6) is 0 Å². The zero-order valence-electron chi connectivity index (χ0n) is 13.2. The van der Waals surface area contributed by atoms with Crippen molar-refractivity contribution in [1.82, 2.24) is 10.2 Å². The average molecular weight is 254 g/mol. The van der Waals surface area contributed by atoms with Crippen LogP contribution in [0.4, 0.5) is 0 Å². The zero-order chi connectivity index (χ0) is 13.5. The van der Waals surface area contributed by atoms with Crippen LogP contribution in [-0.2, 0) is 0 Å². The largest absolute Gasteiger partial charge is 0.315 e. The van der Waals surface area contributed by atoms with Crippen molar-refractivity contribution in [2.45, 2.75) is 71.9 Å². The Kier molecular flexibility index (Phi) is 7.25. The fourth-order valence-corrected chi connectivity index (χ4v) is 3.61. The molecule has 1 aliphatic carbocycles. The minimum atomic E-state index is 0.705. The Balaban J connectivity index is 2.64. The van der Waals surface area contributed by atoms with E-state index in [4.69, 9.17) is 0 Å². The number of likely N-dealkylation sites (N-methyl/N-ethyl adjacent to an activating group) is 2. The van der Waals surface area contributed by atoms with E-state index in [0.29, 0.717) is 6.04 Å². The van der Waals surface area contributed by atoms with E-state index in [1.165, 1.54) is 45.2 Å². The van der Waals surface area contributed by atoms with Crippen molar-refractivity contribution in [2.75, 3.05) is 20.1 Å². The number of hydrogen-bond donors (Lipinski definition) is 1. The van der Waals surface area contributed by atoms with Crippen molar-refractivity contribution in [3.05, 3.63) is 0 Å². The van der Waals surface area contributed by atoms with Crippen molar-refractivity contribution in [3.63, 3.8) is 0 Å². The standard InChI is InChI=1S/C16H34N2/c1-6-8-14-9-10-15(17-5)16(11-14)18(7-2)12-13(3)4/h13-17H,6-12H2,1-5H3. The van der Waals surface area contributed by atoms with Gasteiger partial charge in [-0.05, 0) is 44.7 Å². The minimum absolute atomic E-state index is 0.705. The van der Waals surface area contributed by atoms with Crippen LogP contribution >= 0.6 is 0 Å². The minimum Gasteiger partial charge on any atom is -0.315 e. The molecule has 0 aromatic carbocycles. The Hall–Kier alpha value is -0.0800. The molecule has 0 bridgehead atoms. The normalized spacial score (nSPS) is 29.2. The molecule has 0 radical (unpaired) electrons. The lowest BCUT2D eigenvalue weighted by Crippen LogP contribution is -2.53. The number of nitrogens with zero attached hydrogens (tertiary/aromatic N) is 1. The first kappa shape index (κ1) is 16.0. The summed E-state index contributed by atoms with van der Waals surface area (Å²) in [5.74, 6) is 1.74. The molecule has 3 atom stereocenters. The third kappa shape index (κ3) is 4.55. The Morgan fingerprint density at radius 1 is 1.22 bits per heavy atom. The van der Waals surface area contributed by atoms with Gasteiger partial charge in [-0.1, -0.05) is 40.5 Å². The summed E-state index contributed by atoms with van der Waals surface area (Å²) in [5, 5.41) is 3.56. The smallest absolute Gasteiger partial charge is 0.0251 e. The second-order valence-corrected chi connectivity index (χ2v) is 6.41. The van der Waals surface area contributed by atoms with Crippen LogP contribution in [-0.4, -0.2) is 37.1 Å². The van der Waals surface area contributed by atoms with Gasteiger partial charge in [0.05, 0.1) is 0 Å². The van der Waals surface area contributed by atoms with Gasteiger partial charge in [0, 0.05) is 18.6 Å². The molecular formula is C16H34N2. The van der Waals surface area contributed by atoms with Crippen LogP contribution in [0.15, 0.2) is 0 Å². The second-order valence-electron chi connectivity index (χ2n) is 6.41. The van der Waals surface area contributed by atoms with Gasteiger partial charge in [-0.15, -0.1) is 0 Å². The van der Waals surface area contributed by atoms with Crippen LogP contribution in [0.1, 0.15) is 59.8 Å². The van der Waals surface area contributed by atoms with E-state index in [-0.39, 0.29) is 0 Å². The van der Waals surface area contributed by atoms with Crippen LogP contribution in [0.25, 0.3) is 0 Å². The maximum absolute atomic E-state index is 3.56. The van der Waals surface area contributed by atoms with Gasteiger partial charge < -0.3 is 5.32 Å². The summed E-state index contributed by atoms with van der Waals surface area (Å²) in [6.45, 7) is 11.8. The van der Waals surface area contributed by atoms with Gasteiger partial charge in [0.15, 0.2) is 0 Å². The second kappa shape index (κ2) is 8.16. The van der Waals surface area contributed by atoms with Crippen LogP contribution in [0.2, 0.25) is 0 Å². The highest BCUT2D eigenvalue weighted by molar-refractivity contribution is 4.90. The molecule has 1 rings (SSSR count). The predicted molar refractivity (Wildman–Crippen MR) is 81.0 cm³/mol. The van der Waals surface area contributed by atoms with Gasteiger partial charge in [-0.3, -0.25) is 4.90 Å². The Morgan fingerprint density at radius 3 is 2.44 bits per heavy atom. The fraction of sp³-hybridized carbons (Fsp3) is 1.00. The third-order valence-electron chi connectivity index (χ3n) is 4.47. The van der Waals surface area contributed by atoms with E-state index in [9.17, 15) is 0 Å². The summed E-state index contributed by atoms with van der Waals surface area (Å²) in [6, 6.07) is 1.46. The van der Waals surface area contributed by atoms with Crippen LogP contribution < -0.4 is 5.32 Å². The molecule has 0 spiro atoms. The first-order valence-corrected chi connectivity index (χ1v) is 8.03. The molecule has 1 N–H and O–H groups in total. The molecule has 0 aliphatic heterocycles. The maximum Gasteiger partial charge on any atom is 0.0251 e. The van der Waals surface area contributed by atoms with Crippen LogP contribution in [0, 0.1) is 11.8 Å². The lowest BCUT2D eigenvalue weighted by atomic mass is 9.79. The average Bonchev–Trinajstić information content (AvgIpc) is 2.36. The molecule has 2 heteroatoms. The molecule has 0 aromatic rings. The van der Waals surface area contributed by atoms with Crippen molar-refractivity contribution in [1.29, 1.82) is 0 Å². The van der Waals surface area contributed by atoms with E-state index in [0.717, 1.165) is 17.9 Å². The summed E-state index contributed by atoms with van der Waals surface area (Å²) in [6.07, 6.45) is 6.96.